The Hall–Kier alpha value is -1.63. The summed E-state index contributed by atoms with van der Waals surface area (Å²) in [7, 11) is 0. The van der Waals surface area contributed by atoms with E-state index in [0.717, 1.165) is 0 Å². The predicted octanol–water partition coefficient (Wildman–Crippen LogP) is 2.01. The SMILES string of the molecule is [N-]=[N+]=NCCNC(C(N)=O)c1ccc(F)c(Br)c1. The summed E-state index contributed by atoms with van der Waals surface area (Å²) in [6, 6.07) is 3.43. The average molecular weight is 316 g/mol. The highest BCUT2D eigenvalue weighted by Crippen LogP contribution is 2.21. The highest BCUT2D eigenvalue weighted by molar-refractivity contribution is 9.10. The van der Waals surface area contributed by atoms with Gasteiger partial charge in [-0.3, -0.25) is 4.79 Å². The smallest absolute Gasteiger partial charge is 0.239 e. The number of hydrogen-bond donors (Lipinski definition) is 2. The minimum atomic E-state index is -0.754. The number of halogens is 2. The topological polar surface area (TPSA) is 104 Å². The summed E-state index contributed by atoms with van der Waals surface area (Å²) in [5.41, 5.74) is 13.9. The third-order valence-electron chi connectivity index (χ3n) is 2.19. The van der Waals surface area contributed by atoms with Crippen molar-refractivity contribution in [1.29, 1.82) is 0 Å². The van der Waals surface area contributed by atoms with Crippen LogP contribution in [-0.2, 0) is 4.79 Å². The quantitative estimate of drug-likeness (QED) is 0.363. The summed E-state index contributed by atoms with van der Waals surface area (Å²) >= 11 is 3.04. The van der Waals surface area contributed by atoms with Crippen LogP contribution in [0.1, 0.15) is 11.6 Å². The molecule has 1 unspecified atom stereocenters. The van der Waals surface area contributed by atoms with E-state index in [1.807, 2.05) is 0 Å². The van der Waals surface area contributed by atoms with Crippen molar-refractivity contribution < 1.29 is 9.18 Å². The third-order valence-corrected chi connectivity index (χ3v) is 2.79. The molecular weight excluding hydrogens is 305 g/mol. The van der Waals surface area contributed by atoms with Crippen molar-refractivity contribution in [3.8, 4) is 0 Å². The molecule has 0 aromatic heterocycles. The molecule has 8 heteroatoms. The summed E-state index contributed by atoms with van der Waals surface area (Å²) in [5, 5.41) is 6.16. The van der Waals surface area contributed by atoms with Gasteiger partial charge in [0.15, 0.2) is 0 Å². The number of nitrogens with zero attached hydrogens (tertiary/aromatic N) is 3. The van der Waals surface area contributed by atoms with Crippen molar-refractivity contribution in [2.45, 2.75) is 6.04 Å². The summed E-state index contributed by atoms with van der Waals surface area (Å²) in [5.74, 6) is -1.01. The lowest BCUT2D eigenvalue weighted by Crippen LogP contribution is -2.35. The second-order valence-electron chi connectivity index (χ2n) is 3.42. The molecule has 1 aromatic carbocycles. The van der Waals surface area contributed by atoms with E-state index in [0.29, 0.717) is 12.1 Å². The Morgan fingerprint density at radius 3 is 2.94 bits per heavy atom. The van der Waals surface area contributed by atoms with Crippen molar-refractivity contribution in [2.75, 3.05) is 13.1 Å². The number of azide groups is 1. The third kappa shape index (κ3) is 3.99. The zero-order chi connectivity index (χ0) is 13.5. The van der Waals surface area contributed by atoms with Crippen LogP contribution in [-0.4, -0.2) is 19.0 Å². The van der Waals surface area contributed by atoms with Gasteiger partial charge < -0.3 is 11.1 Å². The Morgan fingerprint density at radius 2 is 2.39 bits per heavy atom. The summed E-state index contributed by atoms with van der Waals surface area (Å²) in [6.07, 6.45) is 0. The van der Waals surface area contributed by atoms with Gasteiger partial charge in [-0.15, -0.1) is 0 Å². The Kier molecular flexibility index (Phi) is 5.57. The van der Waals surface area contributed by atoms with Gasteiger partial charge in [-0.1, -0.05) is 11.2 Å². The van der Waals surface area contributed by atoms with Crippen molar-refractivity contribution in [3.63, 3.8) is 0 Å². The van der Waals surface area contributed by atoms with Crippen LogP contribution in [0.2, 0.25) is 0 Å². The van der Waals surface area contributed by atoms with Crippen LogP contribution in [0.4, 0.5) is 4.39 Å². The van der Waals surface area contributed by atoms with Gasteiger partial charge in [-0.05, 0) is 39.2 Å². The minimum absolute atomic E-state index is 0.197. The average Bonchev–Trinajstić information content (AvgIpc) is 2.32. The van der Waals surface area contributed by atoms with Gasteiger partial charge in [0.05, 0.1) is 4.47 Å². The maximum absolute atomic E-state index is 13.1. The highest BCUT2D eigenvalue weighted by Gasteiger charge is 2.17. The Labute approximate surface area is 111 Å². The molecule has 18 heavy (non-hydrogen) atoms. The van der Waals surface area contributed by atoms with Crippen molar-refractivity contribution in [2.24, 2.45) is 10.8 Å². The lowest BCUT2D eigenvalue weighted by atomic mass is 10.1. The van der Waals surface area contributed by atoms with Crippen LogP contribution in [0, 0.1) is 5.82 Å². The van der Waals surface area contributed by atoms with Gasteiger partial charge in [-0.25, -0.2) is 4.39 Å². The minimum Gasteiger partial charge on any atom is -0.368 e. The summed E-state index contributed by atoms with van der Waals surface area (Å²) in [4.78, 5) is 13.9. The Balaban J connectivity index is 2.80. The molecule has 0 aliphatic carbocycles. The highest BCUT2D eigenvalue weighted by atomic mass is 79.9. The fraction of sp³-hybridized carbons (Fsp3) is 0.300. The van der Waals surface area contributed by atoms with E-state index < -0.39 is 17.8 Å². The van der Waals surface area contributed by atoms with Crippen LogP contribution < -0.4 is 11.1 Å². The van der Waals surface area contributed by atoms with Crippen LogP contribution in [0.3, 0.4) is 0 Å². The number of benzene rings is 1. The zero-order valence-corrected chi connectivity index (χ0v) is 10.9. The molecule has 3 N–H and O–H groups in total. The molecule has 0 aliphatic rings. The van der Waals surface area contributed by atoms with Gasteiger partial charge in [0.25, 0.3) is 0 Å². The number of carbonyl (C=O) groups excluding carboxylic acids is 1. The van der Waals surface area contributed by atoms with Crippen LogP contribution >= 0.6 is 15.9 Å². The van der Waals surface area contributed by atoms with E-state index in [4.69, 9.17) is 11.3 Å². The van der Waals surface area contributed by atoms with Gasteiger partial charge in [-0.2, -0.15) is 0 Å². The number of rotatable bonds is 6. The number of amides is 1. The molecule has 0 heterocycles. The molecule has 1 aromatic rings. The van der Waals surface area contributed by atoms with Crippen molar-refractivity contribution >= 4 is 21.8 Å². The second-order valence-corrected chi connectivity index (χ2v) is 4.27. The summed E-state index contributed by atoms with van der Waals surface area (Å²) in [6.45, 7) is 0.495. The molecular formula is C10H11BrFN5O. The lowest BCUT2D eigenvalue weighted by molar-refractivity contribution is -0.120. The monoisotopic (exact) mass is 315 g/mol. The van der Waals surface area contributed by atoms with E-state index >= 15 is 0 Å². The first-order valence-electron chi connectivity index (χ1n) is 5.04. The molecule has 0 saturated heterocycles. The number of primary amides is 1. The first kappa shape index (κ1) is 14.4. The van der Waals surface area contributed by atoms with Crippen LogP contribution in [0.25, 0.3) is 10.4 Å². The fourth-order valence-electron chi connectivity index (χ4n) is 1.38. The maximum atomic E-state index is 13.1. The van der Waals surface area contributed by atoms with E-state index in [-0.39, 0.29) is 11.0 Å². The Bertz CT molecular complexity index is 489. The van der Waals surface area contributed by atoms with Crippen molar-refractivity contribution in [3.05, 3.63) is 44.5 Å². The van der Waals surface area contributed by atoms with E-state index in [1.54, 1.807) is 0 Å². The van der Waals surface area contributed by atoms with Gasteiger partial charge in [0.2, 0.25) is 5.91 Å². The molecule has 0 spiro atoms. The standard InChI is InChI=1S/C10H11BrFN5O/c11-7-5-6(1-2-8(7)12)9(10(13)18)15-3-4-16-17-14/h1-2,5,9,15H,3-4H2,(H2,13,18). The number of nitrogens with one attached hydrogen (secondary N) is 1. The summed E-state index contributed by atoms with van der Waals surface area (Å²) < 4.78 is 13.3. The zero-order valence-electron chi connectivity index (χ0n) is 9.31. The molecule has 0 bridgehead atoms. The molecule has 6 nitrogen and oxygen atoms in total. The molecule has 1 rings (SSSR count). The first-order chi connectivity index (χ1) is 8.56. The Morgan fingerprint density at radius 1 is 1.67 bits per heavy atom. The van der Waals surface area contributed by atoms with Crippen molar-refractivity contribution in [1.82, 2.24) is 5.32 Å². The van der Waals surface area contributed by atoms with E-state index in [1.165, 1.54) is 18.2 Å². The second kappa shape index (κ2) is 6.95. The molecule has 0 saturated carbocycles. The van der Waals surface area contributed by atoms with Gasteiger partial charge in [0, 0.05) is 18.0 Å². The van der Waals surface area contributed by atoms with Crippen LogP contribution in [0.15, 0.2) is 27.8 Å². The molecule has 0 radical (unpaired) electrons. The fourth-order valence-corrected chi connectivity index (χ4v) is 1.77. The molecule has 0 aliphatic heterocycles. The molecule has 96 valence electrons. The van der Waals surface area contributed by atoms with Crippen LogP contribution in [0.5, 0.6) is 0 Å². The van der Waals surface area contributed by atoms with E-state index in [9.17, 15) is 9.18 Å². The number of carbonyl (C=O) groups is 1. The van der Waals surface area contributed by atoms with Gasteiger partial charge in [0.1, 0.15) is 11.9 Å². The molecule has 0 fully saturated rings. The lowest BCUT2D eigenvalue weighted by Gasteiger charge is -2.15. The first-order valence-corrected chi connectivity index (χ1v) is 5.84. The predicted molar refractivity (Wildman–Crippen MR) is 68.1 cm³/mol. The number of hydrogen-bond acceptors (Lipinski definition) is 3. The number of nitrogens with two attached hydrogens (primary N) is 1. The molecule has 1 atom stereocenters. The normalized spacial score (nSPS) is 11.7. The van der Waals surface area contributed by atoms with E-state index in [2.05, 4.69) is 31.3 Å². The molecule has 1 amide bonds. The van der Waals surface area contributed by atoms with Gasteiger partial charge >= 0.3 is 0 Å². The largest absolute Gasteiger partial charge is 0.368 e. The maximum Gasteiger partial charge on any atom is 0.239 e.